The Kier molecular flexibility index (Phi) is 2.56. The molecule has 0 N–H and O–H groups in total. The maximum atomic E-state index is 2.31. The van der Waals surface area contributed by atoms with Crippen molar-refractivity contribution in [2.45, 2.75) is 19.8 Å². The van der Waals surface area contributed by atoms with Crippen LogP contribution in [0.2, 0.25) is 0 Å². The van der Waals surface area contributed by atoms with Crippen molar-refractivity contribution in [2.75, 3.05) is 0 Å². The molecule has 0 heteroatoms. The summed E-state index contributed by atoms with van der Waals surface area (Å²) in [6, 6.07) is 0. The first-order valence-electron chi connectivity index (χ1n) is 3.60. The minimum absolute atomic E-state index is 0.630. The van der Waals surface area contributed by atoms with Gasteiger partial charge in [-0.05, 0) is 25.2 Å². The first-order valence-corrected chi connectivity index (χ1v) is 3.60. The monoisotopic (exact) mass is 121 g/mol. The molecule has 1 aliphatic rings. The van der Waals surface area contributed by atoms with Gasteiger partial charge in [-0.25, -0.2) is 0 Å². The molecule has 49 valence electrons. The molecule has 0 amide bonds. The highest BCUT2D eigenvalue weighted by atomic mass is 14.1. The Morgan fingerprint density at radius 1 is 1.67 bits per heavy atom. The van der Waals surface area contributed by atoms with Crippen molar-refractivity contribution in [3.63, 3.8) is 0 Å². The van der Waals surface area contributed by atoms with Crippen LogP contribution in [0.25, 0.3) is 0 Å². The summed E-state index contributed by atoms with van der Waals surface area (Å²) in [6.45, 7) is 2.16. The van der Waals surface area contributed by atoms with Gasteiger partial charge in [0.2, 0.25) is 0 Å². The zero-order valence-corrected chi connectivity index (χ0v) is 5.88. The summed E-state index contributed by atoms with van der Waals surface area (Å²) >= 11 is 0. The highest BCUT2D eigenvalue weighted by molar-refractivity contribution is 5.13. The van der Waals surface area contributed by atoms with Crippen molar-refractivity contribution in [3.05, 3.63) is 30.7 Å². The third-order valence-corrected chi connectivity index (χ3v) is 1.50. The summed E-state index contributed by atoms with van der Waals surface area (Å²) in [7, 11) is 0. The molecule has 0 aromatic carbocycles. The van der Waals surface area contributed by atoms with Crippen molar-refractivity contribution in [3.8, 4) is 0 Å². The lowest BCUT2D eigenvalue weighted by Gasteiger charge is -1.95. The molecule has 1 aliphatic carbocycles. The van der Waals surface area contributed by atoms with E-state index in [-0.39, 0.29) is 0 Å². The molecule has 0 aromatic heterocycles. The van der Waals surface area contributed by atoms with E-state index < -0.39 is 0 Å². The van der Waals surface area contributed by atoms with Crippen LogP contribution in [0, 0.1) is 12.3 Å². The summed E-state index contributed by atoms with van der Waals surface area (Å²) < 4.78 is 0. The predicted octanol–water partition coefficient (Wildman–Crippen LogP) is 2.73. The van der Waals surface area contributed by atoms with Crippen molar-refractivity contribution >= 4 is 0 Å². The minimum atomic E-state index is 0.630. The number of hydrogen-bond donors (Lipinski definition) is 0. The highest BCUT2D eigenvalue weighted by Gasteiger charge is 2.03. The van der Waals surface area contributed by atoms with Crippen LogP contribution in [0.15, 0.2) is 24.3 Å². The third-order valence-electron chi connectivity index (χ3n) is 1.50. The Morgan fingerprint density at radius 3 is 3.11 bits per heavy atom. The van der Waals surface area contributed by atoms with Gasteiger partial charge in [0.15, 0.2) is 0 Å². The standard InChI is InChI=1S/C9H13/c1-2-3-6-9-7-4-5-8-9/h3-4,6-9H,2,5H2,1H3. The van der Waals surface area contributed by atoms with Crippen molar-refractivity contribution in [2.24, 2.45) is 5.92 Å². The largest absolute Gasteiger partial charge is 0.0882 e. The van der Waals surface area contributed by atoms with Gasteiger partial charge < -0.3 is 0 Å². The fraction of sp³-hybridized carbons (Fsp3) is 0.444. The molecule has 9 heavy (non-hydrogen) atoms. The van der Waals surface area contributed by atoms with E-state index in [0.29, 0.717) is 5.92 Å². The van der Waals surface area contributed by atoms with Crippen molar-refractivity contribution in [1.29, 1.82) is 0 Å². The normalized spacial score (nSPS) is 26.1. The van der Waals surface area contributed by atoms with Gasteiger partial charge in [0, 0.05) is 0 Å². The molecular weight excluding hydrogens is 108 g/mol. The fourth-order valence-corrected chi connectivity index (χ4v) is 0.986. The molecule has 1 atom stereocenters. The number of allylic oxidation sites excluding steroid dienone is 4. The topological polar surface area (TPSA) is 0 Å². The maximum absolute atomic E-state index is 2.31. The Balaban J connectivity index is 2.27. The maximum Gasteiger partial charge on any atom is -0.00192 e. The smallest absolute Gasteiger partial charge is 0.00192 e. The van der Waals surface area contributed by atoms with Gasteiger partial charge in [-0.15, -0.1) is 0 Å². The average Bonchev–Trinajstić information content (AvgIpc) is 2.34. The van der Waals surface area contributed by atoms with Crippen LogP contribution in [0.4, 0.5) is 0 Å². The second-order valence-corrected chi connectivity index (χ2v) is 2.31. The zero-order valence-electron chi connectivity index (χ0n) is 5.88. The molecule has 0 bridgehead atoms. The highest BCUT2D eigenvalue weighted by Crippen LogP contribution is 2.16. The fourth-order valence-electron chi connectivity index (χ4n) is 0.986. The van der Waals surface area contributed by atoms with Crippen LogP contribution in [0.5, 0.6) is 0 Å². The van der Waals surface area contributed by atoms with Crippen LogP contribution in [-0.4, -0.2) is 0 Å². The lowest BCUT2D eigenvalue weighted by Crippen LogP contribution is -1.83. The number of rotatable bonds is 2. The van der Waals surface area contributed by atoms with Crippen molar-refractivity contribution < 1.29 is 0 Å². The zero-order chi connectivity index (χ0) is 6.53. The summed E-state index contributed by atoms with van der Waals surface area (Å²) in [5.41, 5.74) is 0. The number of hydrogen-bond acceptors (Lipinski definition) is 0. The van der Waals surface area contributed by atoms with E-state index in [1.807, 2.05) is 0 Å². The van der Waals surface area contributed by atoms with Gasteiger partial charge >= 0.3 is 0 Å². The summed E-state index contributed by atoms with van der Waals surface area (Å²) in [5, 5.41) is 0. The van der Waals surface area contributed by atoms with Crippen LogP contribution < -0.4 is 0 Å². The van der Waals surface area contributed by atoms with Crippen LogP contribution >= 0.6 is 0 Å². The summed E-state index contributed by atoms with van der Waals surface area (Å²) in [6.07, 6.45) is 13.5. The molecule has 0 heterocycles. The first-order chi connectivity index (χ1) is 4.43. The SMILES string of the molecule is CCC=CC1[CH]CC=C1. The van der Waals surface area contributed by atoms with E-state index >= 15 is 0 Å². The average molecular weight is 121 g/mol. The molecule has 1 rings (SSSR count). The molecule has 0 fully saturated rings. The van der Waals surface area contributed by atoms with Gasteiger partial charge in [-0.2, -0.15) is 0 Å². The summed E-state index contributed by atoms with van der Waals surface area (Å²) in [4.78, 5) is 0. The van der Waals surface area contributed by atoms with E-state index in [1.165, 1.54) is 0 Å². The molecule has 0 saturated heterocycles. The Hall–Kier alpha value is -0.520. The predicted molar refractivity (Wildman–Crippen MR) is 41.0 cm³/mol. The minimum Gasteiger partial charge on any atom is -0.0882 e. The van der Waals surface area contributed by atoms with Gasteiger partial charge in [-0.1, -0.05) is 31.2 Å². The van der Waals surface area contributed by atoms with E-state index in [1.54, 1.807) is 0 Å². The molecule has 0 aromatic rings. The lowest BCUT2D eigenvalue weighted by atomic mass is 10.1. The Morgan fingerprint density at radius 2 is 2.56 bits per heavy atom. The molecule has 0 spiro atoms. The van der Waals surface area contributed by atoms with Crippen LogP contribution in [0.1, 0.15) is 19.8 Å². The van der Waals surface area contributed by atoms with Gasteiger partial charge in [0.25, 0.3) is 0 Å². The summed E-state index contributed by atoms with van der Waals surface area (Å²) in [5.74, 6) is 0.630. The van der Waals surface area contributed by atoms with Gasteiger partial charge in [0.1, 0.15) is 0 Å². The van der Waals surface area contributed by atoms with E-state index in [4.69, 9.17) is 0 Å². The molecule has 0 aliphatic heterocycles. The van der Waals surface area contributed by atoms with Crippen molar-refractivity contribution in [1.82, 2.24) is 0 Å². The van der Waals surface area contributed by atoms with Gasteiger partial charge in [0.05, 0.1) is 0 Å². The molecule has 0 saturated carbocycles. The van der Waals surface area contributed by atoms with E-state index in [0.717, 1.165) is 12.8 Å². The van der Waals surface area contributed by atoms with Gasteiger partial charge in [-0.3, -0.25) is 0 Å². The second kappa shape index (κ2) is 3.49. The quantitative estimate of drug-likeness (QED) is 0.493. The molecule has 1 unspecified atom stereocenters. The van der Waals surface area contributed by atoms with E-state index in [2.05, 4.69) is 37.6 Å². The molecular formula is C9H13. The Labute approximate surface area is 57.3 Å². The third kappa shape index (κ3) is 2.05. The molecule has 0 nitrogen and oxygen atoms in total. The first kappa shape index (κ1) is 6.60. The lowest BCUT2D eigenvalue weighted by molar-refractivity contribution is 0.964. The van der Waals surface area contributed by atoms with E-state index in [9.17, 15) is 0 Å². The molecule has 1 radical (unpaired) electrons. The second-order valence-electron chi connectivity index (χ2n) is 2.31. The van der Waals surface area contributed by atoms with Crippen LogP contribution in [-0.2, 0) is 0 Å². The Bertz CT molecular complexity index is 120. The van der Waals surface area contributed by atoms with Crippen LogP contribution in [0.3, 0.4) is 0 Å².